The Kier molecular flexibility index (Phi) is 5.35. The van der Waals surface area contributed by atoms with Crippen LogP contribution in [0.15, 0.2) is 54.6 Å². The van der Waals surface area contributed by atoms with Crippen LogP contribution >= 0.6 is 0 Å². The normalized spacial score (nSPS) is 25.6. The van der Waals surface area contributed by atoms with Gasteiger partial charge >= 0.3 is 0 Å². The van der Waals surface area contributed by atoms with E-state index in [-0.39, 0.29) is 17.9 Å². The molecule has 1 N–H and O–H groups in total. The molecular formula is C28H34N2O2. The van der Waals surface area contributed by atoms with Gasteiger partial charge in [-0.1, -0.05) is 61.0 Å². The summed E-state index contributed by atoms with van der Waals surface area (Å²) in [5.41, 5.74) is 3.26. The molecular weight excluding hydrogens is 396 g/mol. The number of carbonyl (C=O) groups excluding carboxylic acids is 2. The van der Waals surface area contributed by atoms with Gasteiger partial charge in [-0.15, -0.1) is 0 Å². The van der Waals surface area contributed by atoms with Crippen molar-refractivity contribution in [2.24, 2.45) is 16.7 Å². The molecule has 2 saturated carbocycles. The lowest BCUT2D eigenvalue weighted by molar-refractivity contribution is -0.135. The first-order valence-electron chi connectivity index (χ1n) is 12.2. The minimum absolute atomic E-state index is 0.0789. The van der Waals surface area contributed by atoms with Crippen LogP contribution in [0, 0.1) is 16.7 Å². The smallest absolute Gasteiger partial charge is 0.228 e. The molecule has 2 aliphatic carbocycles. The van der Waals surface area contributed by atoms with E-state index in [4.69, 9.17) is 0 Å². The Balaban J connectivity index is 1.42. The number of hydrogen-bond acceptors (Lipinski definition) is 2. The molecule has 5 rings (SSSR count). The van der Waals surface area contributed by atoms with Gasteiger partial charge in [-0.25, -0.2) is 0 Å². The molecule has 2 aromatic carbocycles. The molecule has 0 radical (unpaired) electrons. The van der Waals surface area contributed by atoms with E-state index in [1.54, 1.807) is 0 Å². The van der Waals surface area contributed by atoms with E-state index in [9.17, 15) is 9.59 Å². The number of carbonyl (C=O) groups is 2. The Labute approximate surface area is 191 Å². The summed E-state index contributed by atoms with van der Waals surface area (Å²) < 4.78 is 0. The van der Waals surface area contributed by atoms with Crippen molar-refractivity contribution < 1.29 is 9.59 Å². The summed E-state index contributed by atoms with van der Waals surface area (Å²) in [5, 5.41) is 3.17. The first-order chi connectivity index (χ1) is 15.4. The molecule has 2 atom stereocenters. The molecule has 1 aliphatic heterocycles. The van der Waals surface area contributed by atoms with E-state index in [1.807, 2.05) is 24.8 Å². The van der Waals surface area contributed by atoms with Crippen LogP contribution in [0.25, 0.3) is 11.1 Å². The molecule has 0 aromatic heterocycles. The topological polar surface area (TPSA) is 49.4 Å². The SMILES string of the molecule is CC(C)NC(=O)[C@@]1(Cc2ccccc2-c2ccccc2)CCN(C(=O)[C@@H]2CC23CCC3)C1. The first kappa shape index (κ1) is 21.2. The third kappa shape index (κ3) is 3.74. The van der Waals surface area contributed by atoms with Gasteiger partial charge in [-0.3, -0.25) is 9.59 Å². The maximum atomic E-state index is 13.5. The largest absolute Gasteiger partial charge is 0.353 e. The van der Waals surface area contributed by atoms with Crippen LogP contribution in [-0.4, -0.2) is 35.8 Å². The minimum Gasteiger partial charge on any atom is -0.353 e. The molecule has 32 heavy (non-hydrogen) atoms. The predicted octanol–water partition coefficient (Wildman–Crippen LogP) is 4.83. The van der Waals surface area contributed by atoms with Crippen molar-refractivity contribution in [3.05, 3.63) is 60.2 Å². The second kappa shape index (κ2) is 8.06. The highest BCUT2D eigenvalue weighted by molar-refractivity contribution is 5.88. The highest BCUT2D eigenvalue weighted by Gasteiger charge is 2.62. The molecule has 1 heterocycles. The average Bonchev–Trinajstić information content (AvgIpc) is 3.40. The molecule has 1 spiro atoms. The van der Waals surface area contributed by atoms with Gasteiger partial charge in [0, 0.05) is 25.0 Å². The lowest BCUT2D eigenvalue weighted by Gasteiger charge is -2.31. The quantitative estimate of drug-likeness (QED) is 0.714. The van der Waals surface area contributed by atoms with Crippen LogP contribution < -0.4 is 5.32 Å². The lowest BCUT2D eigenvalue weighted by atomic mass is 9.77. The van der Waals surface area contributed by atoms with Gasteiger partial charge in [0.1, 0.15) is 0 Å². The monoisotopic (exact) mass is 430 g/mol. The fraction of sp³-hybridized carbons (Fsp3) is 0.500. The molecule has 3 fully saturated rings. The maximum absolute atomic E-state index is 13.5. The summed E-state index contributed by atoms with van der Waals surface area (Å²) in [6.07, 6.45) is 6.11. The summed E-state index contributed by atoms with van der Waals surface area (Å²) in [4.78, 5) is 28.8. The maximum Gasteiger partial charge on any atom is 0.228 e. The highest BCUT2D eigenvalue weighted by atomic mass is 16.2. The summed E-state index contributed by atoms with van der Waals surface area (Å²) >= 11 is 0. The predicted molar refractivity (Wildman–Crippen MR) is 127 cm³/mol. The van der Waals surface area contributed by atoms with Gasteiger partial charge < -0.3 is 10.2 Å². The molecule has 2 aromatic rings. The van der Waals surface area contributed by atoms with E-state index >= 15 is 0 Å². The van der Waals surface area contributed by atoms with Crippen LogP contribution in [0.3, 0.4) is 0 Å². The average molecular weight is 431 g/mol. The summed E-state index contributed by atoms with van der Waals surface area (Å²) in [7, 11) is 0. The van der Waals surface area contributed by atoms with E-state index < -0.39 is 5.41 Å². The molecule has 2 amide bonds. The minimum atomic E-state index is -0.577. The van der Waals surface area contributed by atoms with E-state index in [0.717, 1.165) is 12.8 Å². The van der Waals surface area contributed by atoms with Crippen molar-refractivity contribution in [1.82, 2.24) is 10.2 Å². The third-order valence-electron chi connectivity index (χ3n) is 8.04. The zero-order valence-electron chi connectivity index (χ0n) is 19.3. The number of benzene rings is 2. The van der Waals surface area contributed by atoms with Crippen molar-refractivity contribution in [3.8, 4) is 11.1 Å². The van der Waals surface area contributed by atoms with E-state index in [1.165, 1.54) is 36.0 Å². The van der Waals surface area contributed by atoms with E-state index in [0.29, 0.717) is 30.8 Å². The summed E-state index contributed by atoms with van der Waals surface area (Å²) in [6, 6.07) is 18.8. The number of nitrogens with zero attached hydrogens (tertiary/aromatic N) is 1. The van der Waals surface area contributed by atoms with Crippen LogP contribution in [0.5, 0.6) is 0 Å². The molecule has 4 nitrogen and oxygen atoms in total. The standard InChI is InChI=1S/C28H34N2O2/c1-20(2)29-26(32)28(15-16-30(19-28)25(31)24-18-27(24)13-8-14-27)17-22-11-6-7-12-23(22)21-9-4-3-5-10-21/h3-7,9-12,20,24H,8,13-19H2,1-2H3,(H,29,32)/t24-,28+/m0/s1. The van der Waals surface area contributed by atoms with Crippen molar-refractivity contribution in [3.63, 3.8) is 0 Å². The molecule has 168 valence electrons. The third-order valence-corrected chi connectivity index (χ3v) is 8.04. The van der Waals surface area contributed by atoms with Crippen molar-refractivity contribution in [1.29, 1.82) is 0 Å². The Hall–Kier alpha value is -2.62. The van der Waals surface area contributed by atoms with Crippen LogP contribution in [0.2, 0.25) is 0 Å². The van der Waals surface area contributed by atoms with Gasteiger partial charge in [-0.05, 0) is 68.1 Å². The van der Waals surface area contributed by atoms with E-state index in [2.05, 4.69) is 53.8 Å². The van der Waals surface area contributed by atoms with Crippen molar-refractivity contribution in [2.75, 3.05) is 13.1 Å². The number of likely N-dealkylation sites (tertiary alicyclic amines) is 1. The van der Waals surface area contributed by atoms with Crippen molar-refractivity contribution in [2.45, 2.75) is 58.4 Å². The fourth-order valence-electron chi connectivity index (χ4n) is 5.92. The second-order valence-electron chi connectivity index (χ2n) is 10.6. The van der Waals surface area contributed by atoms with Gasteiger partial charge in [0.15, 0.2) is 0 Å². The number of amides is 2. The van der Waals surface area contributed by atoms with Crippen LogP contribution in [-0.2, 0) is 16.0 Å². The molecule has 0 bridgehead atoms. The number of nitrogens with one attached hydrogen (secondary N) is 1. The molecule has 0 unspecified atom stereocenters. The Morgan fingerprint density at radius 3 is 2.41 bits per heavy atom. The Bertz CT molecular complexity index is 1010. The van der Waals surface area contributed by atoms with Crippen molar-refractivity contribution >= 4 is 11.8 Å². The Morgan fingerprint density at radius 2 is 1.75 bits per heavy atom. The summed E-state index contributed by atoms with van der Waals surface area (Å²) in [5.74, 6) is 0.580. The second-order valence-corrected chi connectivity index (χ2v) is 10.6. The number of rotatable bonds is 6. The van der Waals surface area contributed by atoms with Crippen LogP contribution in [0.4, 0.5) is 0 Å². The Morgan fingerprint density at radius 1 is 1.03 bits per heavy atom. The van der Waals surface area contributed by atoms with Crippen LogP contribution in [0.1, 0.15) is 51.5 Å². The van der Waals surface area contributed by atoms with Gasteiger partial charge in [0.25, 0.3) is 0 Å². The highest BCUT2D eigenvalue weighted by Crippen LogP contribution is 2.66. The molecule has 3 aliphatic rings. The lowest BCUT2D eigenvalue weighted by Crippen LogP contribution is -2.47. The fourth-order valence-corrected chi connectivity index (χ4v) is 5.92. The molecule has 4 heteroatoms. The van der Waals surface area contributed by atoms with Gasteiger partial charge in [0.2, 0.25) is 11.8 Å². The molecule has 1 saturated heterocycles. The van der Waals surface area contributed by atoms with Gasteiger partial charge in [0.05, 0.1) is 5.41 Å². The first-order valence-corrected chi connectivity index (χ1v) is 12.2. The zero-order valence-corrected chi connectivity index (χ0v) is 19.3. The summed E-state index contributed by atoms with van der Waals surface area (Å²) in [6.45, 7) is 5.22. The zero-order chi connectivity index (χ0) is 22.3. The number of hydrogen-bond donors (Lipinski definition) is 1. The van der Waals surface area contributed by atoms with Gasteiger partial charge in [-0.2, -0.15) is 0 Å².